The Morgan fingerprint density at radius 3 is 2.78 bits per heavy atom. The molecule has 120 valence electrons. The molecule has 6 heteroatoms. The summed E-state index contributed by atoms with van der Waals surface area (Å²) in [6.45, 7) is 6.06. The minimum Gasteiger partial charge on any atom is -0.384 e. The largest absolute Gasteiger partial charge is 0.384 e. The third kappa shape index (κ3) is 3.77. The number of rotatable bonds is 7. The minimum absolute atomic E-state index is 0.391. The molecule has 0 aliphatic rings. The second-order valence-electron chi connectivity index (χ2n) is 5.77. The third-order valence-corrected chi connectivity index (χ3v) is 3.62. The minimum atomic E-state index is 0.391. The van der Waals surface area contributed by atoms with Crippen LogP contribution in [0.4, 0.5) is 11.5 Å². The van der Waals surface area contributed by atoms with E-state index in [1.807, 2.05) is 28.9 Å². The van der Waals surface area contributed by atoms with Crippen molar-refractivity contribution in [3.63, 3.8) is 0 Å². The van der Waals surface area contributed by atoms with E-state index in [0.717, 1.165) is 42.4 Å². The van der Waals surface area contributed by atoms with Crippen molar-refractivity contribution in [2.75, 3.05) is 23.7 Å². The topological polar surface area (TPSA) is 67.1 Å². The molecule has 3 aromatic heterocycles. The van der Waals surface area contributed by atoms with Crippen LogP contribution in [0.15, 0.2) is 42.9 Å². The van der Waals surface area contributed by atoms with Crippen molar-refractivity contribution in [3.05, 3.63) is 48.5 Å². The Bertz CT molecular complexity index is 750. The van der Waals surface area contributed by atoms with Gasteiger partial charge in [0.25, 0.3) is 0 Å². The van der Waals surface area contributed by atoms with Crippen molar-refractivity contribution in [2.24, 2.45) is 0 Å². The molecule has 0 radical (unpaired) electrons. The molecule has 3 rings (SSSR count). The summed E-state index contributed by atoms with van der Waals surface area (Å²) in [5.74, 6) is 1.38. The first-order chi connectivity index (χ1) is 11.2. The molecule has 0 aromatic carbocycles. The van der Waals surface area contributed by atoms with Crippen LogP contribution in [0.5, 0.6) is 0 Å². The molecule has 3 aromatic rings. The maximum Gasteiger partial charge on any atom is 0.157 e. The van der Waals surface area contributed by atoms with Gasteiger partial charge in [-0.1, -0.05) is 13.8 Å². The summed E-state index contributed by atoms with van der Waals surface area (Å²) in [7, 11) is 0. The number of hydrogen-bond acceptors (Lipinski definition) is 5. The summed E-state index contributed by atoms with van der Waals surface area (Å²) in [6, 6.07) is 7.96. The molecule has 6 nitrogen and oxygen atoms in total. The fourth-order valence-corrected chi connectivity index (χ4v) is 2.36. The van der Waals surface area contributed by atoms with E-state index in [2.05, 4.69) is 45.6 Å². The Kier molecular flexibility index (Phi) is 4.71. The summed E-state index contributed by atoms with van der Waals surface area (Å²) >= 11 is 0. The normalized spacial score (nSPS) is 11.1. The van der Waals surface area contributed by atoms with Crippen LogP contribution in [0, 0.1) is 0 Å². The monoisotopic (exact) mass is 310 g/mol. The highest BCUT2D eigenvalue weighted by molar-refractivity contribution is 5.49. The van der Waals surface area contributed by atoms with E-state index in [-0.39, 0.29) is 0 Å². The lowest BCUT2D eigenvalue weighted by molar-refractivity contribution is 0.805. The Balaban J connectivity index is 1.57. The maximum atomic E-state index is 4.62. The predicted octanol–water partition coefficient (Wildman–Crippen LogP) is 3.16. The molecule has 0 amide bonds. The summed E-state index contributed by atoms with van der Waals surface area (Å²) in [5.41, 5.74) is 3.01. The molecule has 0 saturated heterocycles. The Hall–Kier alpha value is -2.63. The van der Waals surface area contributed by atoms with Gasteiger partial charge in [-0.2, -0.15) is 9.61 Å². The Morgan fingerprint density at radius 1 is 1.13 bits per heavy atom. The number of nitrogens with zero attached hydrogens (tertiary/aromatic N) is 4. The van der Waals surface area contributed by atoms with Crippen LogP contribution < -0.4 is 10.6 Å². The number of nitrogens with one attached hydrogen (secondary N) is 2. The molecular weight excluding hydrogens is 288 g/mol. The zero-order valence-corrected chi connectivity index (χ0v) is 13.5. The highest BCUT2D eigenvalue weighted by Gasteiger charge is 2.08. The van der Waals surface area contributed by atoms with Crippen LogP contribution in [-0.2, 0) is 0 Å². The summed E-state index contributed by atoms with van der Waals surface area (Å²) in [5, 5.41) is 11.1. The fourth-order valence-electron chi connectivity index (χ4n) is 2.36. The van der Waals surface area contributed by atoms with E-state index in [1.165, 1.54) is 0 Å². The number of pyridine rings is 1. The van der Waals surface area contributed by atoms with Crippen LogP contribution in [0.25, 0.3) is 5.65 Å². The van der Waals surface area contributed by atoms with Gasteiger partial charge in [-0.3, -0.25) is 4.98 Å². The Labute approximate surface area is 136 Å². The van der Waals surface area contributed by atoms with E-state index in [4.69, 9.17) is 0 Å². The van der Waals surface area contributed by atoms with Gasteiger partial charge in [0.05, 0.1) is 11.9 Å². The standard InChI is InChI=1S/C17H22N6/c1-13(2)15-11-17(23-16(22-15)6-10-21-23)20-9-4-8-19-14-5-3-7-18-12-14/h3,5-7,10-13,19-20H,4,8-9H2,1-2H3. The molecule has 3 heterocycles. The summed E-state index contributed by atoms with van der Waals surface area (Å²) in [4.78, 5) is 8.71. The lowest BCUT2D eigenvalue weighted by atomic mass is 10.1. The Morgan fingerprint density at radius 2 is 2.00 bits per heavy atom. The number of hydrogen-bond donors (Lipinski definition) is 2. The quantitative estimate of drug-likeness (QED) is 0.656. The molecule has 0 aliphatic carbocycles. The van der Waals surface area contributed by atoms with Crippen molar-refractivity contribution in [3.8, 4) is 0 Å². The van der Waals surface area contributed by atoms with E-state index in [0.29, 0.717) is 5.92 Å². The van der Waals surface area contributed by atoms with Crippen molar-refractivity contribution in [1.29, 1.82) is 0 Å². The average molecular weight is 310 g/mol. The molecule has 23 heavy (non-hydrogen) atoms. The second kappa shape index (κ2) is 7.09. The maximum absolute atomic E-state index is 4.62. The zero-order valence-electron chi connectivity index (χ0n) is 13.5. The van der Waals surface area contributed by atoms with E-state index >= 15 is 0 Å². The van der Waals surface area contributed by atoms with Crippen molar-refractivity contribution < 1.29 is 0 Å². The first kappa shape index (κ1) is 15.3. The molecule has 2 N–H and O–H groups in total. The molecular formula is C17H22N6. The lowest BCUT2D eigenvalue weighted by Crippen LogP contribution is -2.12. The van der Waals surface area contributed by atoms with E-state index < -0.39 is 0 Å². The molecule has 0 bridgehead atoms. The van der Waals surface area contributed by atoms with Gasteiger partial charge in [0.1, 0.15) is 5.82 Å². The molecule has 0 aliphatic heterocycles. The number of fused-ring (bicyclic) bond motifs is 1. The van der Waals surface area contributed by atoms with Crippen molar-refractivity contribution in [1.82, 2.24) is 19.6 Å². The number of aromatic nitrogens is 4. The lowest BCUT2D eigenvalue weighted by Gasteiger charge is -2.12. The summed E-state index contributed by atoms with van der Waals surface area (Å²) < 4.78 is 1.85. The average Bonchev–Trinajstić information content (AvgIpc) is 3.04. The van der Waals surface area contributed by atoms with Crippen LogP contribution in [0.3, 0.4) is 0 Å². The summed E-state index contributed by atoms with van der Waals surface area (Å²) in [6.07, 6.45) is 6.38. The van der Waals surface area contributed by atoms with Crippen molar-refractivity contribution in [2.45, 2.75) is 26.2 Å². The highest BCUT2D eigenvalue weighted by atomic mass is 15.3. The van der Waals surface area contributed by atoms with Crippen molar-refractivity contribution >= 4 is 17.2 Å². The van der Waals surface area contributed by atoms with E-state index in [1.54, 1.807) is 12.4 Å². The zero-order chi connectivity index (χ0) is 16.1. The SMILES string of the molecule is CC(C)c1cc(NCCCNc2cccnc2)n2nccc2n1. The van der Waals surface area contributed by atoms with Crippen LogP contribution >= 0.6 is 0 Å². The van der Waals surface area contributed by atoms with Gasteiger partial charge in [-0.15, -0.1) is 0 Å². The van der Waals surface area contributed by atoms with E-state index in [9.17, 15) is 0 Å². The first-order valence-corrected chi connectivity index (χ1v) is 7.96. The van der Waals surface area contributed by atoms with Gasteiger partial charge in [-0.05, 0) is 24.5 Å². The van der Waals surface area contributed by atoms with Gasteiger partial charge >= 0.3 is 0 Å². The molecule has 0 saturated carbocycles. The molecule has 0 spiro atoms. The highest BCUT2D eigenvalue weighted by Crippen LogP contribution is 2.18. The second-order valence-corrected chi connectivity index (χ2v) is 5.77. The van der Waals surface area contributed by atoms with Gasteiger partial charge in [0.15, 0.2) is 5.65 Å². The first-order valence-electron chi connectivity index (χ1n) is 7.96. The predicted molar refractivity (Wildman–Crippen MR) is 92.9 cm³/mol. The smallest absolute Gasteiger partial charge is 0.157 e. The van der Waals surface area contributed by atoms with Gasteiger partial charge in [-0.25, -0.2) is 4.98 Å². The van der Waals surface area contributed by atoms with Crippen LogP contribution in [0.2, 0.25) is 0 Å². The molecule has 0 unspecified atom stereocenters. The van der Waals surface area contributed by atoms with Crippen LogP contribution in [0.1, 0.15) is 31.9 Å². The van der Waals surface area contributed by atoms with Crippen LogP contribution in [-0.4, -0.2) is 32.7 Å². The third-order valence-electron chi connectivity index (χ3n) is 3.62. The van der Waals surface area contributed by atoms with Gasteiger partial charge in [0.2, 0.25) is 0 Å². The molecule has 0 fully saturated rings. The van der Waals surface area contributed by atoms with Gasteiger partial charge in [0, 0.05) is 43.3 Å². The van der Waals surface area contributed by atoms with Gasteiger partial charge < -0.3 is 10.6 Å². The molecule has 0 atom stereocenters. The number of anilines is 2. The fraction of sp³-hybridized carbons (Fsp3) is 0.353.